The molecule has 22 heavy (non-hydrogen) atoms. The Morgan fingerprint density at radius 1 is 0.909 bits per heavy atom. The summed E-state index contributed by atoms with van der Waals surface area (Å²) in [5.74, 6) is 0.662. The summed E-state index contributed by atoms with van der Waals surface area (Å²) in [7, 11) is 0. The van der Waals surface area contributed by atoms with Crippen molar-refractivity contribution in [2.75, 3.05) is 18.0 Å². The van der Waals surface area contributed by atoms with Gasteiger partial charge < -0.3 is 4.90 Å². The Balaban J connectivity index is 2.01. The number of hydrogen-bond acceptors (Lipinski definition) is 3. The van der Waals surface area contributed by atoms with Crippen LogP contribution in [0.2, 0.25) is 5.15 Å². The second-order valence-corrected chi connectivity index (χ2v) is 5.43. The highest BCUT2D eigenvalue weighted by Gasteiger charge is 2.08. The minimum absolute atomic E-state index is 0.494. The number of halogens is 1. The average Bonchev–Trinajstić information content (AvgIpc) is 2.56. The van der Waals surface area contributed by atoms with E-state index in [1.165, 1.54) is 5.69 Å². The first-order chi connectivity index (χ1) is 10.7. The van der Waals surface area contributed by atoms with Gasteiger partial charge in [-0.25, -0.2) is 9.97 Å². The van der Waals surface area contributed by atoms with Crippen molar-refractivity contribution < 1.29 is 0 Å². The third kappa shape index (κ3) is 2.77. The van der Waals surface area contributed by atoms with Crippen LogP contribution in [0.25, 0.3) is 22.3 Å². The summed E-state index contributed by atoms with van der Waals surface area (Å²) in [5.41, 5.74) is 3.05. The highest BCUT2D eigenvalue weighted by Crippen LogP contribution is 2.26. The van der Waals surface area contributed by atoms with Crippen molar-refractivity contribution in [3.63, 3.8) is 0 Å². The molecule has 0 atom stereocenters. The van der Waals surface area contributed by atoms with E-state index in [9.17, 15) is 0 Å². The zero-order valence-electron chi connectivity index (χ0n) is 12.8. The highest BCUT2D eigenvalue weighted by molar-refractivity contribution is 6.34. The molecular formula is C18H18ClN3. The molecule has 0 aliphatic carbocycles. The van der Waals surface area contributed by atoms with E-state index < -0.39 is 0 Å². The molecule has 0 saturated carbocycles. The summed E-state index contributed by atoms with van der Waals surface area (Å²) < 4.78 is 0. The van der Waals surface area contributed by atoms with Crippen molar-refractivity contribution in [2.24, 2.45) is 0 Å². The Morgan fingerprint density at radius 3 is 2.27 bits per heavy atom. The zero-order valence-corrected chi connectivity index (χ0v) is 13.5. The molecule has 3 rings (SSSR count). The fourth-order valence-electron chi connectivity index (χ4n) is 2.58. The molecular weight excluding hydrogens is 294 g/mol. The molecule has 2 aromatic carbocycles. The quantitative estimate of drug-likeness (QED) is 0.648. The SMILES string of the molecule is CCN(CC)c1ccc(-c2nc(Cl)c3ccccc3n2)cc1. The van der Waals surface area contributed by atoms with Crippen LogP contribution in [0.4, 0.5) is 5.69 Å². The standard InChI is InChI=1S/C18H18ClN3/c1-3-22(4-2)14-11-9-13(10-12-14)18-20-16-8-6-5-7-15(16)17(19)21-18/h5-12H,3-4H2,1-2H3. The molecule has 0 aliphatic rings. The molecule has 3 nitrogen and oxygen atoms in total. The Bertz CT molecular complexity index is 780. The van der Waals surface area contributed by atoms with Crippen molar-refractivity contribution in [1.29, 1.82) is 0 Å². The van der Waals surface area contributed by atoms with Gasteiger partial charge in [-0.2, -0.15) is 0 Å². The molecule has 3 aromatic rings. The van der Waals surface area contributed by atoms with Crippen LogP contribution in [-0.2, 0) is 0 Å². The van der Waals surface area contributed by atoms with E-state index in [0.29, 0.717) is 11.0 Å². The van der Waals surface area contributed by atoms with Crippen LogP contribution in [0.1, 0.15) is 13.8 Å². The zero-order chi connectivity index (χ0) is 15.5. The topological polar surface area (TPSA) is 29.0 Å². The van der Waals surface area contributed by atoms with Crippen LogP contribution in [0.15, 0.2) is 48.5 Å². The Morgan fingerprint density at radius 2 is 1.59 bits per heavy atom. The van der Waals surface area contributed by atoms with Crippen LogP contribution in [-0.4, -0.2) is 23.1 Å². The maximum atomic E-state index is 6.28. The molecule has 1 aromatic heterocycles. The molecule has 0 fully saturated rings. The number of nitrogens with zero attached hydrogens (tertiary/aromatic N) is 3. The molecule has 112 valence electrons. The van der Waals surface area contributed by atoms with Crippen LogP contribution in [0, 0.1) is 0 Å². The van der Waals surface area contributed by atoms with Crippen LogP contribution in [0.3, 0.4) is 0 Å². The van der Waals surface area contributed by atoms with Gasteiger partial charge in [-0.05, 0) is 50.2 Å². The summed E-state index contributed by atoms with van der Waals surface area (Å²) >= 11 is 6.28. The second-order valence-electron chi connectivity index (χ2n) is 5.07. The molecule has 0 bridgehead atoms. The van der Waals surface area contributed by atoms with E-state index in [4.69, 9.17) is 11.6 Å². The van der Waals surface area contributed by atoms with Gasteiger partial charge in [0.15, 0.2) is 5.82 Å². The highest BCUT2D eigenvalue weighted by atomic mass is 35.5. The van der Waals surface area contributed by atoms with Crippen LogP contribution >= 0.6 is 11.6 Å². The van der Waals surface area contributed by atoms with Gasteiger partial charge in [0.05, 0.1) is 5.52 Å². The van der Waals surface area contributed by atoms with Gasteiger partial charge in [0.1, 0.15) is 5.15 Å². The number of aromatic nitrogens is 2. The van der Waals surface area contributed by atoms with Gasteiger partial charge in [-0.1, -0.05) is 23.7 Å². The number of hydrogen-bond donors (Lipinski definition) is 0. The van der Waals surface area contributed by atoms with Crippen molar-refractivity contribution in [3.05, 3.63) is 53.7 Å². The summed E-state index contributed by atoms with van der Waals surface area (Å²) in [6, 6.07) is 16.1. The lowest BCUT2D eigenvalue weighted by molar-refractivity contribution is 0.866. The number of fused-ring (bicyclic) bond motifs is 1. The van der Waals surface area contributed by atoms with Crippen molar-refractivity contribution in [2.45, 2.75) is 13.8 Å². The third-order valence-electron chi connectivity index (χ3n) is 3.81. The number of anilines is 1. The summed E-state index contributed by atoms with van der Waals surface area (Å²) in [5, 5.41) is 1.38. The molecule has 0 saturated heterocycles. The molecule has 0 radical (unpaired) electrons. The largest absolute Gasteiger partial charge is 0.372 e. The van der Waals surface area contributed by atoms with Crippen LogP contribution < -0.4 is 4.90 Å². The maximum Gasteiger partial charge on any atom is 0.161 e. The minimum atomic E-state index is 0.494. The molecule has 0 N–H and O–H groups in total. The van der Waals surface area contributed by atoms with Gasteiger partial charge in [-0.3, -0.25) is 0 Å². The van der Waals surface area contributed by atoms with E-state index >= 15 is 0 Å². The number of rotatable bonds is 4. The Hall–Kier alpha value is -2.13. The molecule has 0 unspecified atom stereocenters. The normalized spacial score (nSPS) is 10.9. The summed E-state index contributed by atoms with van der Waals surface area (Å²) in [6.07, 6.45) is 0. The molecule has 0 spiro atoms. The lowest BCUT2D eigenvalue weighted by atomic mass is 10.1. The van der Waals surface area contributed by atoms with Gasteiger partial charge in [0, 0.05) is 29.7 Å². The van der Waals surface area contributed by atoms with Gasteiger partial charge in [0.25, 0.3) is 0 Å². The number of benzene rings is 2. The van der Waals surface area contributed by atoms with Gasteiger partial charge in [-0.15, -0.1) is 0 Å². The van der Waals surface area contributed by atoms with E-state index in [1.54, 1.807) is 0 Å². The lowest BCUT2D eigenvalue weighted by Gasteiger charge is -2.21. The fourth-order valence-corrected chi connectivity index (χ4v) is 2.82. The second kappa shape index (κ2) is 6.32. The van der Waals surface area contributed by atoms with Crippen molar-refractivity contribution >= 4 is 28.2 Å². The van der Waals surface area contributed by atoms with Crippen LogP contribution in [0.5, 0.6) is 0 Å². The first kappa shape index (κ1) is 14.8. The maximum absolute atomic E-state index is 6.28. The van der Waals surface area contributed by atoms with E-state index in [1.807, 2.05) is 36.4 Å². The Kier molecular flexibility index (Phi) is 4.25. The summed E-state index contributed by atoms with van der Waals surface area (Å²) in [6.45, 7) is 6.30. The Labute approximate surface area is 135 Å². The molecule has 1 heterocycles. The fraction of sp³-hybridized carbons (Fsp3) is 0.222. The molecule has 0 aliphatic heterocycles. The van der Waals surface area contributed by atoms with E-state index in [2.05, 4.69) is 40.8 Å². The van der Waals surface area contributed by atoms with Gasteiger partial charge >= 0.3 is 0 Å². The first-order valence-corrected chi connectivity index (χ1v) is 7.88. The predicted octanol–water partition coefficient (Wildman–Crippen LogP) is 4.80. The van der Waals surface area contributed by atoms with E-state index in [0.717, 1.165) is 29.6 Å². The summed E-state index contributed by atoms with van der Waals surface area (Å²) in [4.78, 5) is 11.3. The average molecular weight is 312 g/mol. The third-order valence-corrected chi connectivity index (χ3v) is 4.10. The number of para-hydroxylation sites is 1. The predicted molar refractivity (Wildman–Crippen MR) is 93.5 cm³/mol. The monoisotopic (exact) mass is 311 g/mol. The van der Waals surface area contributed by atoms with Crippen molar-refractivity contribution in [3.8, 4) is 11.4 Å². The van der Waals surface area contributed by atoms with Crippen molar-refractivity contribution in [1.82, 2.24) is 9.97 Å². The molecule has 0 amide bonds. The van der Waals surface area contributed by atoms with E-state index in [-0.39, 0.29) is 0 Å². The smallest absolute Gasteiger partial charge is 0.161 e. The minimum Gasteiger partial charge on any atom is -0.372 e. The first-order valence-electron chi connectivity index (χ1n) is 7.50. The van der Waals surface area contributed by atoms with Gasteiger partial charge in [0.2, 0.25) is 0 Å². The lowest BCUT2D eigenvalue weighted by Crippen LogP contribution is -2.21. The molecule has 4 heteroatoms.